The fraction of sp³-hybridized carbons (Fsp3) is 0.294. The van der Waals surface area contributed by atoms with Crippen LogP contribution in [0.4, 0.5) is 0 Å². The number of nitrogens with two attached hydrogens (primary N) is 1. The molecule has 25 heavy (non-hydrogen) atoms. The van der Waals surface area contributed by atoms with E-state index in [1.54, 1.807) is 6.20 Å². The van der Waals surface area contributed by atoms with E-state index >= 15 is 0 Å². The second kappa shape index (κ2) is 7.62. The number of aromatic nitrogens is 1. The number of hydrogen-bond donors (Lipinski definition) is 2. The lowest BCUT2D eigenvalue weighted by Crippen LogP contribution is -2.29. The molecule has 0 saturated carbocycles. The van der Waals surface area contributed by atoms with Gasteiger partial charge in [0.25, 0.3) is 5.91 Å². The number of pyridine rings is 1. The molecule has 0 aliphatic heterocycles. The molecule has 0 bridgehead atoms. The highest BCUT2D eigenvalue weighted by molar-refractivity contribution is 7.89. The van der Waals surface area contributed by atoms with Gasteiger partial charge in [-0.05, 0) is 43.2 Å². The Kier molecular flexibility index (Phi) is 5.76. The number of rotatable bonds is 6. The first-order valence-corrected chi connectivity index (χ1v) is 9.25. The van der Waals surface area contributed by atoms with Gasteiger partial charge in [0.1, 0.15) is 5.75 Å². The van der Waals surface area contributed by atoms with E-state index in [4.69, 9.17) is 9.88 Å². The zero-order chi connectivity index (χ0) is 18.6. The van der Waals surface area contributed by atoms with Crippen molar-refractivity contribution in [2.45, 2.75) is 31.2 Å². The second-order valence-electron chi connectivity index (χ2n) is 5.60. The quantitative estimate of drug-likeness (QED) is 0.814. The minimum Gasteiger partial charge on any atom is -0.496 e. The molecule has 0 spiro atoms. The van der Waals surface area contributed by atoms with Gasteiger partial charge in [0.15, 0.2) is 0 Å². The minimum absolute atomic E-state index is 0.0968. The van der Waals surface area contributed by atoms with Crippen LogP contribution in [0, 0.1) is 6.92 Å². The second-order valence-corrected chi connectivity index (χ2v) is 7.16. The fourth-order valence-corrected chi connectivity index (χ4v) is 2.89. The average Bonchev–Trinajstić information content (AvgIpc) is 2.59. The molecule has 0 unspecified atom stereocenters. The topological polar surface area (TPSA) is 111 Å². The Hall–Kier alpha value is -2.45. The highest BCUT2D eigenvalue weighted by Gasteiger charge is 2.20. The number of aryl methyl sites for hydroxylation is 1. The molecule has 1 amide bonds. The third-order valence-electron chi connectivity index (χ3n) is 3.75. The van der Waals surface area contributed by atoms with E-state index in [2.05, 4.69) is 10.3 Å². The number of hydrogen-bond acceptors (Lipinski definition) is 5. The van der Waals surface area contributed by atoms with E-state index in [0.717, 1.165) is 11.3 Å². The third kappa shape index (κ3) is 4.55. The number of methoxy groups -OCH3 is 1. The van der Waals surface area contributed by atoms with Gasteiger partial charge in [-0.15, -0.1) is 0 Å². The number of primary sulfonamides is 1. The average molecular weight is 363 g/mol. The molecule has 1 aromatic heterocycles. The predicted octanol–water partition coefficient (Wildman–Crippen LogP) is 1.93. The summed E-state index contributed by atoms with van der Waals surface area (Å²) in [6.07, 6.45) is 2.35. The van der Waals surface area contributed by atoms with Gasteiger partial charge in [0, 0.05) is 6.20 Å². The number of sulfonamides is 1. The van der Waals surface area contributed by atoms with Crippen LogP contribution in [-0.2, 0) is 10.0 Å². The van der Waals surface area contributed by atoms with Crippen LogP contribution in [0.25, 0.3) is 0 Å². The number of nitrogens with one attached hydrogen (secondary N) is 1. The van der Waals surface area contributed by atoms with Crippen LogP contribution in [0.15, 0.2) is 41.4 Å². The van der Waals surface area contributed by atoms with Crippen LogP contribution >= 0.6 is 0 Å². The normalized spacial score (nSPS) is 12.5. The molecule has 0 aliphatic rings. The Morgan fingerprint density at radius 2 is 2.04 bits per heavy atom. The Balaban J connectivity index is 2.34. The summed E-state index contributed by atoms with van der Waals surface area (Å²) in [5, 5.41) is 7.99. The SMILES string of the molecule is CC[C@H](NC(=O)c1cc(S(N)(=O)=O)ccc1OC)c1ccc(C)cn1. The summed E-state index contributed by atoms with van der Waals surface area (Å²) in [7, 11) is -2.52. The van der Waals surface area contributed by atoms with Crippen LogP contribution in [0.2, 0.25) is 0 Å². The summed E-state index contributed by atoms with van der Waals surface area (Å²) in [4.78, 5) is 16.8. The van der Waals surface area contributed by atoms with Gasteiger partial charge in [-0.2, -0.15) is 0 Å². The van der Waals surface area contributed by atoms with Crippen molar-refractivity contribution in [3.05, 3.63) is 53.3 Å². The highest BCUT2D eigenvalue weighted by Crippen LogP contribution is 2.23. The molecule has 3 N–H and O–H groups in total. The maximum absolute atomic E-state index is 12.7. The van der Waals surface area contributed by atoms with Crippen molar-refractivity contribution in [2.24, 2.45) is 5.14 Å². The van der Waals surface area contributed by atoms with E-state index in [0.29, 0.717) is 6.42 Å². The van der Waals surface area contributed by atoms with Gasteiger partial charge in [0.05, 0.1) is 29.3 Å². The smallest absolute Gasteiger partial charge is 0.255 e. The maximum atomic E-state index is 12.7. The molecule has 0 aliphatic carbocycles. The number of amides is 1. The lowest BCUT2D eigenvalue weighted by molar-refractivity contribution is 0.0931. The zero-order valence-electron chi connectivity index (χ0n) is 14.3. The maximum Gasteiger partial charge on any atom is 0.255 e. The zero-order valence-corrected chi connectivity index (χ0v) is 15.1. The molecular formula is C17H21N3O4S. The van der Waals surface area contributed by atoms with Crippen molar-refractivity contribution in [3.63, 3.8) is 0 Å². The summed E-state index contributed by atoms with van der Waals surface area (Å²) in [6, 6.07) is 7.36. The van der Waals surface area contributed by atoms with Gasteiger partial charge >= 0.3 is 0 Å². The minimum atomic E-state index is -3.92. The van der Waals surface area contributed by atoms with Gasteiger partial charge in [-0.3, -0.25) is 9.78 Å². The van der Waals surface area contributed by atoms with Crippen LogP contribution < -0.4 is 15.2 Å². The van der Waals surface area contributed by atoms with Crippen molar-refractivity contribution in [1.29, 1.82) is 0 Å². The molecule has 1 atom stereocenters. The summed E-state index contributed by atoms with van der Waals surface area (Å²) in [6.45, 7) is 3.85. The first kappa shape index (κ1) is 18.9. The van der Waals surface area contributed by atoms with Gasteiger partial charge in [-0.25, -0.2) is 13.6 Å². The molecule has 1 aromatic carbocycles. The van der Waals surface area contributed by atoms with Crippen LogP contribution in [-0.4, -0.2) is 26.4 Å². The summed E-state index contributed by atoms with van der Waals surface area (Å²) < 4.78 is 28.2. The summed E-state index contributed by atoms with van der Waals surface area (Å²) >= 11 is 0. The van der Waals surface area contributed by atoms with Gasteiger partial charge in [-0.1, -0.05) is 13.0 Å². The van der Waals surface area contributed by atoms with E-state index in [-0.39, 0.29) is 22.3 Å². The Morgan fingerprint density at radius 1 is 1.32 bits per heavy atom. The molecule has 0 fully saturated rings. The number of carbonyl (C=O) groups is 1. The first-order chi connectivity index (χ1) is 11.8. The first-order valence-electron chi connectivity index (χ1n) is 7.70. The molecule has 7 nitrogen and oxygen atoms in total. The molecule has 8 heteroatoms. The van der Waals surface area contributed by atoms with Crippen molar-refractivity contribution in [2.75, 3.05) is 7.11 Å². The van der Waals surface area contributed by atoms with Crippen molar-refractivity contribution < 1.29 is 17.9 Å². The molecular weight excluding hydrogens is 342 g/mol. The molecule has 0 saturated heterocycles. The van der Waals surface area contributed by atoms with Crippen molar-refractivity contribution in [3.8, 4) is 5.75 Å². The van der Waals surface area contributed by atoms with Gasteiger partial charge in [0.2, 0.25) is 10.0 Å². The van der Waals surface area contributed by atoms with E-state index < -0.39 is 15.9 Å². The third-order valence-corrected chi connectivity index (χ3v) is 4.66. The standard InChI is InChI=1S/C17H21N3O4S/c1-4-14(15-7-5-11(2)10-19-15)20-17(21)13-9-12(25(18,22)23)6-8-16(13)24-3/h5-10,14H,4H2,1-3H3,(H,20,21)(H2,18,22,23)/t14-/m0/s1. The lowest BCUT2D eigenvalue weighted by atomic mass is 10.1. The van der Waals surface area contributed by atoms with Crippen molar-refractivity contribution in [1.82, 2.24) is 10.3 Å². The Bertz CT molecular complexity index is 864. The lowest BCUT2D eigenvalue weighted by Gasteiger charge is -2.18. The molecule has 1 heterocycles. The van der Waals surface area contributed by atoms with Gasteiger partial charge < -0.3 is 10.1 Å². The molecule has 0 radical (unpaired) electrons. The monoisotopic (exact) mass is 363 g/mol. The molecule has 2 rings (SSSR count). The summed E-state index contributed by atoms with van der Waals surface area (Å²) in [5.74, 6) is -0.201. The van der Waals surface area contributed by atoms with Crippen molar-refractivity contribution >= 4 is 15.9 Å². The van der Waals surface area contributed by atoms with Crippen LogP contribution in [0.5, 0.6) is 5.75 Å². The van der Waals surface area contributed by atoms with E-state index in [1.165, 1.54) is 25.3 Å². The Morgan fingerprint density at radius 3 is 2.56 bits per heavy atom. The van der Waals surface area contributed by atoms with Crippen LogP contribution in [0.3, 0.4) is 0 Å². The molecule has 2 aromatic rings. The van der Waals surface area contributed by atoms with E-state index in [9.17, 15) is 13.2 Å². The largest absolute Gasteiger partial charge is 0.496 e. The van der Waals surface area contributed by atoms with E-state index in [1.807, 2.05) is 26.0 Å². The Labute approximate surface area is 147 Å². The fourth-order valence-electron chi connectivity index (χ4n) is 2.35. The van der Waals surface area contributed by atoms with Crippen LogP contribution in [0.1, 0.15) is 41.0 Å². The highest BCUT2D eigenvalue weighted by atomic mass is 32.2. The number of nitrogens with zero attached hydrogens (tertiary/aromatic N) is 1. The molecule has 134 valence electrons. The number of ether oxygens (including phenoxy) is 1. The number of carbonyl (C=O) groups excluding carboxylic acids is 1. The summed E-state index contributed by atoms with van der Waals surface area (Å²) in [5.41, 5.74) is 1.84. The predicted molar refractivity (Wildman–Crippen MR) is 93.8 cm³/mol. The number of benzene rings is 1.